The maximum atomic E-state index is 11.3. The molecule has 0 saturated heterocycles. The van der Waals surface area contributed by atoms with E-state index in [0.717, 1.165) is 12.8 Å². The van der Waals surface area contributed by atoms with E-state index in [2.05, 4.69) is 6.92 Å². The molecular formula is C14H30ClNO. The van der Waals surface area contributed by atoms with Crippen molar-refractivity contribution in [2.45, 2.75) is 71.1 Å². The standard InChI is InChI=1S/C14H29NO.ClH/c1-4-5-6-7-8-9-10-11-12-13-14(16)15(2)3;/h4-13H2,1-3H3;1H. The van der Waals surface area contributed by atoms with Gasteiger partial charge in [0, 0.05) is 20.5 Å². The second kappa shape index (κ2) is 13.8. The highest BCUT2D eigenvalue weighted by molar-refractivity contribution is 5.85. The van der Waals surface area contributed by atoms with Crippen molar-refractivity contribution < 1.29 is 4.79 Å². The van der Waals surface area contributed by atoms with E-state index in [1.165, 1.54) is 51.4 Å². The smallest absolute Gasteiger partial charge is 0.222 e. The molecule has 0 aromatic carbocycles. The van der Waals surface area contributed by atoms with Crippen LogP contribution in [0.15, 0.2) is 0 Å². The van der Waals surface area contributed by atoms with Crippen LogP contribution >= 0.6 is 12.4 Å². The van der Waals surface area contributed by atoms with Crippen LogP contribution in [-0.4, -0.2) is 24.9 Å². The molecule has 2 nitrogen and oxygen atoms in total. The monoisotopic (exact) mass is 263 g/mol. The Morgan fingerprint density at radius 3 is 1.65 bits per heavy atom. The number of nitrogens with zero attached hydrogens (tertiary/aromatic N) is 1. The first-order valence-electron chi connectivity index (χ1n) is 6.88. The summed E-state index contributed by atoms with van der Waals surface area (Å²) in [6.07, 6.45) is 12.5. The quantitative estimate of drug-likeness (QED) is 0.535. The predicted octanol–water partition coefficient (Wildman–Crippen LogP) is 4.42. The van der Waals surface area contributed by atoms with E-state index in [4.69, 9.17) is 0 Å². The van der Waals surface area contributed by atoms with E-state index in [0.29, 0.717) is 0 Å². The second-order valence-corrected chi connectivity index (χ2v) is 4.87. The van der Waals surface area contributed by atoms with Crippen LogP contribution in [0.1, 0.15) is 71.1 Å². The molecule has 104 valence electrons. The van der Waals surface area contributed by atoms with Gasteiger partial charge in [0.1, 0.15) is 0 Å². The van der Waals surface area contributed by atoms with Crippen LogP contribution in [0.2, 0.25) is 0 Å². The lowest BCUT2D eigenvalue weighted by Crippen LogP contribution is -2.20. The Labute approximate surface area is 114 Å². The molecule has 0 bridgehead atoms. The van der Waals surface area contributed by atoms with Gasteiger partial charge in [0.05, 0.1) is 0 Å². The van der Waals surface area contributed by atoms with Gasteiger partial charge < -0.3 is 4.90 Å². The summed E-state index contributed by atoms with van der Waals surface area (Å²) in [6.45, 7) is 2.25. The van der Waals surface area contributed by atoms with Gasteiger partial charge in [-0.05, 0) is 6.42 Å². The molecule has 0 rings (SSSR count). The Bertz CT molecular complexity index is 172. The number of unbranched alkanes of at least 4 members (excludes halogenated alkanes) is 8. The van der Waals surface area contributed by atoms with Gasteiger partial charge in [0.15, 0.2) is 0 Å². The van der Waals surface area contributed by atoms with Crippen molar-refractivity contribution >= 4 is 18.3 Å². The number of carbonyl (C=O) groups excluding carboxylic acids is 1. The maximum Gasteiger partial charge on any atom is 0.222 e. The molecule has 0 unspecified atom stereocenters. The highest BCUT2D eigenvalue weighted by atomic mass is 35.5. The van der Waals surface area contributed by atoms with Gasteiger partial charge in [-0.15, -0.1) is 12.4 Å². The van der Waals surface area contributed by atoms with Crippen LogP contribution in [0.4, 0.5) is 0 Å². The van der Waals surface area contributed by atoms with Gasteiger partial charge in [-0.2, -0.15) is 0 Å². The summed E-state index contributed by atoms with van der Waals surface area (Å²) in [6, 6.07) is 0. The van der Waals surface area contributed by atoms with Crippen LogP contribution in [-0.2, 0) is 4.79 Å². The van der Waals surface area contributed by atoms with Crippen molar-refractivity contribution in [1.29, 1.82) is 0 Å². The molecule has 0 aliphatic heterocycles. The number of hydrogen-bond donors (Lipinski definition) is 0. The van der Waals surface area contributed by atoms with Gasteiger partial charge in [-0.1, -0.05) is 58.3 Å². The summed E-state index contributed by atoms with van der Waals surface area (Å²) in [4.78, 5) is 13.0. The van der Waals surface area contributed by atoms with Gasteiger partial charge in [0.25, 0.3) is 0 Å². The Morgan fingerprint density at radius 2 is 1.24 bits per heavy atom. The van der Waals surface area contributed by atoms with Gasteiger partial charge in [0.2, 0.25) is 5.91 Å². The molecule has 0 aliphatic carbocycles. The van der Waals surface area contributed by atoms with E-state index >= 15 is 0 Å². The van der Waals surface area contributed by atoms with Gasteiger partial charge in [-0.3, -0.25) is 4.79 Å². The van der Waals surface area contributed by atoms with Gasteiger partial charge >= 0.3 is 0 Å². The van der Waals surface area contributed by atoms with E-state index in [-0.39, 0.29) is 18.3 Å². The Morgan fingerprint density at radius 1 is 0.824 bits per heavy atom. The molecule has 0 saturated carbocycles. The minimum atomic E-state index is 0. The maximum absolute atomic E-state index is 11.3. The fourth-order valence-corrected chi connectivity index (χ4v) is 1.81. The zero-order chi connectivity index (χ0) is 12.2. The summed E-state index contributed by atoms with van der Waals surface area (Å²) in [7, 11) is 3.66. The summed E-state index contributed by atoms with van der Waals surface area (Å²) < 4.78 is 0. The van der Waals surface area contributed by atoms with Crippen LogP contribution in [0.25, 0.3) is 0 Å². The molecule has 0 aliphatic rings. The molecular weight excluding hydrogens is 234 g/mol. The average molecular weight is 264 g/mol. The van der Waals surface area contributed by atoms with Crippen molar-refractivity contribution in [1.82, 2.24) is 4.90 Å². The summed E-state index contributed by atoms with van der Waals surface area (Å²) >= 11 is 0. The highest BCUT2D eigenvalue weighted by Crippen LogP contribution is 2.10. The average Bonchev–Trinajstić information content (AvgIpc) is 2.26. The summed E-state index contributed by atoms with van der Waals surface area (Å²) in [5.74, 6) is 0.267. The van der Waals surface area contributed by atoms with Crippen LogP contribution in [0.5, 0.6) is 0 Å². The fourth-order valence-electron chi connectivity index (χ4n) is 1.81. The lowest BCUT2D eigenvalue weighted by molar-refractivity contribution is -0.128. The summed E-state index contributed by atoms with van der Waals surface area (Å²) in [5.41, 5.74) is 0. The first-order chi connectivity index (χ1) is 7.68. The SMILES string of the molecule is CCCCCCCCCCCC(=O)N(C)C.Cl. The fraction of sp³-hybridized carbons (Fsp3) is 0.929. The largest absolute Gasteiger partial charge is 0.349 e. The summed E-state index contributed by atoms with van der Waals surface area (Å²) in [5, 5.41) is 0. The van der Waals surface area contributed by atoms with E-state index in [1.54, 1.807) is 4.90 Å². The molecule has 0 spiro atoms. The topological polar surface area (TPSA) is 20.3 Å². The normalized spacial score (nSPS) is 9.82. The third-order valence-corrected chi connectivity index (χ3v) is 2.99. The van der Waals surface area contributed by atoms with E-state index in [9.17, 15) is 4.79 Å². The minimum absolute atomic E-state index is 0. The zero-order valence-corrected chi connectivity index (χ0v) is 12.7. The molecule has 0 atom stereocenters. The molecule has 17 heavy (non-hydrogen) atoms. The van der Waals surface area contributed by atoms with E-state index < -0.39 is 0 Å². The molecule has 1 amide bonds. The number of hydrogen-bond acceptors (Lipinski definition) is 1. The van der Waals surface area contributed by atoms with E-state index in [1.807, 2.05) is 14.1 Å². The third-order valence-electron chi connectivity index (χ3n) is 2.99. The molecule has 0 aromatic heterocycles. The van der Waals surface area contributed by atoms with Crippen LogP contribution in [0, 0.1) is 0 Å². The Hall–Kier alpha value is -0.240. The number of carbonyl (C=O) groups is 1. The van der Waals surface area contributed by atoms with Crippen molar-refractivity contribution in [2.24, 2.45) is 0 Å². The second-order valence-electron chi connectivity index (χ2n) is 4.87. The Kier molecular flexibility index (Phi) is 15.5. The van der Waals surface area contributed by atoms with Crippen molar-refractivity contribution in [3.05, 3.63) is 0 Å². The first-order valence-corrected chi connectivity index (χ1v) is 6.88. The molecule has 0 aromatic rings. The van der Waals surface area contributed by atoms with Crippen LogP contribution < -0.4 is 0 Å². The molecule has 0 radical (unpaired) electrons. The zero-order valence-electron chi connectivity index (χ0n) is 11.8. The third kappa shape index (κ3) is 13.7. The molecule has 3 heteroatoms. The first kappa shape index (κ1) is 19.1. The number of halogens is 1. The van der Waals surface area contributed by atoms with Gasteiger partial charge in [-0.25, -0.2) is 0 Å². The minimum Gasteiger partial charge on any atom is -0.349 e. The van der Waals surface area contributed by atoms with Crippen molar-refractivity contribution in [2.75, 3.05) is 14.1 Å². The Balaban J connectivity index is 0. The lowest BCUT2D eigenvalue weighted by Gasteiger charge is -2.09. The van der Waals surface area contributed by atoms with Crippen molar-refractivity contribution in [3.8, 4) is 0 Å². The molecule has 0 heterocycles. The molecule has 0 fully saturated rings. The number of rotatable bonds is 10. The predicted molar refractivity (Wildman–Crippen MR) is 77.8 cm³/mol. The van der Waals surface area contributed by atoms with Crippen molar-refractivity contribution in [3.63, 3.8) is 0 Å². The number of amides is 1. The molecule has 0 N–H and O–H groups in total. The van der Waals surface area contributed by atoms with Crippen LogP contribution in [0.3, 0.4) is 0 Å². The highest BCUT2D eigenvalue weighted by Gasteiger charge is 2.02. The lowest BCUT2D eigenvalue weighted by atomic mass is 10.1.